The molecule has 0 bridgehead atoms. The van der Waals surface area contributed by atoms with E-state index in [1.807, 2.05) is 36.4 Å². The smallest absolute Gasteiger partial charge is 0.276 e. The molecule has 0 fully saturated rings. The maximum absolute atomic E-state index is 5.69. The van der Waals surface area contributed by atoms with Crippen LogP contribution in [0.4, 0.5) is 0 Å². The molecule has 6 heteroatoms. The van der Waals surface area contributed by atoms with Crippen LogP contribution in [0.15, 0.2) is 62.6 Å². The molecule has 23 heavy (non-hydrogen) atoms. The topological polar surface area (TPSA) is 48.2 Å². The molecule has 0 spiro atoms. The lowest BCUT2D eigenvalue weighted by Gasteiger charge is -2.00. The van der Waals surface area contributed by atoms with Crippen LogP contribution in [0.25, 0.3) is 0 Å². The van der Waals surface area contributed by atoms with E-state index in [4.69, 9.17) is 9.15 Å². The number of nitrogens with zero attached hydrogens (tertiary/aromatic N) is 2. The third kappa shape index (κ3) is 4.59. The molecular weight excluding hydrogens is 376 g/mol. The molecule has 0 atom stereocenters. The van der Waals surface area contributed by atoms with Crippen molar-refractivity contribution in [2.24, 2.45) is 0 Å². The summed E-state index contributed by atoms with van der Waals surface area (Å²) in [5.74, 6) is 2.26. The molecule has 2 aromatic carbocycles. The maximum Gasteiger partial charge on any atom is 0.276 e. The maximum atomic E-state index is 5.69. The number of thioether (sulfide) groups is 1. The standard InChI is InChI=1S/C17H15BrN2O2S/c1-21-15-8-4-12(5-9-15)10-16-19-20-17(22-16)23-11-13-2-6-14(18)7-3-13/h2-9H,10-11H2,1H3. The second-order valence-corrected chi connectivity index (χ2v) is 6.74. The van der Waals surface area contributed by atoms with E-state index in [2.05, 4.69) is 38.3 Å². The minimum absolute atomic E-state index is 0.594. The summed E-state index contributed by atoms with van der Waals surface area (Å²) >= 11 is 4.97. The lowest BCUT2D eigenvalue weighted by Crippen LogP contribution is -1.89. The summed E-state index contributed by atoms with van der Waals surface area (Å²) < 4.78 is 11.9. The summed E-state index contributed by atoms with van der Waals surface area (Å²) in [4.78, 5) is 0. The third-order valence-electron chi connectivity index (χ3n) is 3.24. The van der Waals surface area contributed by atoms with Crippen molar-refractivity contribution in [2.75, 3.05) is 7.11 Å². The molecule has 4 nitrogen and oxygen atoms in total. The van der Waals surface area contributed by atoms with E-state index in [0.717, 1.165) is 21.5 Å². The fraction of sp³-hybridized carbons (Fsp3) is 0.176. The summed E-state index contributed by atoms with van der Waals surface area (Å²) in [6, 6.07) is 16.0. The van der Waals surface area contributed by atoms with Crippen molar-refractivity contribution in [3.8, 4) is 5.75 Å². The van der Waals surface area contributed by atoms with Crippen molar-refractivity contribution in [3.63, 3.8) is 0 Å². The van der Waals surface area contributed by atoms with Crippen LogP contribution in [0.3, 0.4) is 0 Å². The lowest BCUT2D eigenvalue weighted by molar-refractivity contribution is 0.413. The molecular formula is C17H15BrN2O2S. The summed E-state index contributed by atoms with van der Waals surface area (Å²) in [5, 5.41) is 8.79. The normalized spacial score (nSPS) is 10.7. The Hall–Kier alpha value is -1.79. The molecule has 0 aliphatic carbocycles. The minimum atomic E-state index is 0.594. The fourth-order valence-corrected chi connectivity index (χ4v) is 3.01. The first-order valence-corrected chi connectivity index (χ1v) is 8.83. The van der Waals surface area contributed by atoms with Crippen molar-refractivity contribution < 1.29 is 9.15 Å². The molecule has 3 aromatic rings. The molecule has 0 amide bonds. The van der Waals surface area contributed by atoms with Crippen molar-refractivity contribution in [1.82, 2.24) is 10.2 Å². The second-order valence-electron chi connectivity index (χ2n) is 4.90. The molecule has 0 saturated heterocycles. The van der Waals surface area contributed by atoms with Crippen LogP contribution >= 0.6 is 27.7 Å². The zero-order valence-corrected chi connectivity index (χ0v) is 14.9. The van der Waals surface area contributed by atoms with Gasteiger partial charge in [0.15, 0.2) is 0 Å². The van der Waals surface area contributed by atoms with E-state index in [1.165, 1.54) is 5.56 Å². The lowest BCUT2D eigenvalue weighted by atomic mass is 10.1. The Morgan fingerprint density at radius 1 is 1.00 bits per heavy atom. The van der Waals surface area contributed by atoms with Gasteiger partial charge in [-0.3, -0.25) is 0 Å². The number of hydrogen-bond acceptors (Lipinski definition) is 5. The summed E-state index contributed by atoms with van der Waals surface area (Å²) in [7, 11) is 1.65. The van der Waals surface area contributed by atoms with Gasteiger partial charge in [-0.2, -0.15) is 0 Å². The zero-order valence-electron chi connectivity index (χ0n) is 12.5. The van der Waals surface area contributed by atoms with Crippen LogP contribution in [0.1, 0.15) is 17.0 Å². The number of hydrogen-bond donors (Lipinski definition) is 0. The van der Waals surface area contributed by atoms with Gasteiger partial charge in [-0.15, -0.1) is 10.2 Å². The van der Waals surface area contributed by atoms with Gasteiger partial charge in [-0.1, -0.05) is 52.0 Å². The van der Waals surface area contributed by atoms with E-state index in [-0.39, 0.29) is 0 Å². The first-order chi connectivity index (χ1) is 11.2. The average molecular weight is 391 g/mol. The Kier molecular flexibility index (Phi) is 5.35. The van der Waals surface area contributed by atoms with Crippen molar-refractivity contribution in [1.29, 1.82) is 0 Å². The molecule has 118 valence electrons. The molecule has 0 aliphatic heterocycles. The highest BCUT2D eigenvalue weighted by atomic mass is 79.9. The van der Waals surface area contributed by atoms with Crippen molar-refractivity contribution in [3.05, 3.63) is 70.0 Å². The molecule has 0 unspecified atom stereocenters. The van der Waals surface area contributed by atoms with Gasteiger partial charge >= 0.3 is 0 Å². The minimum Gasteiger partial charge on any atom is -0.497 e. The first kappa shape index (κ1) is 16.1. The van der Waals surface area contributed by atoms with Gasteiger partial charge in [0.25, 0.3) is 5.22 Å². The van der Waals surface area contributed by atoms with Crippen LogP contribution < -0.4 is 4.74 Å². The van der Waals surface area contributed by atoms with Crippen LogP contribution in [-0.2, 0) is 12.2 Å². The average Bonchev–Trinajstić information content (AvgIpc) is 3.02. The van der Waals surface area contributed by atoms with E-state index in [1.54, 1.807) is 18.9 Å². The highest BCUT2D eigenvalue weighted by Gasteiger charge is 2.08. The predicted molar refractivity (Wildman–Crippen MR) is 93.8 cm³/mol. The number of rotatable bonds is 6. The molecule has 1 aromatic heterocycles. The summed E-state index contributed by atoms with van der Waals surface area (Å²) in [6.45, 7) is 0. The van der Waals surface area contributed by atoms with E-state index < -0.39 is 0 Å². The van der Waals surface area contributed by atoms with E-state index >= 15 is 0 Å². The van der Waals surface area contributed by atoms with Gasteiger partial charge in [0.1, 0.15) is 5.75 Å². The number of methoxy groups -OCH3 is 1. The van der Waals surface area contributed by atoms with Gasteiger partial charge in [-0.05, 0) is 35.4 Å². The van der Waals surface area contributed by atoms with E-state index in [0.29, 0.717) is 17.5 Å². The van der Waals surface area contributed by atoms with Gasteiger partial charge in [0.05, 0.1) is 13.5 Å². The summed E-state index contributed by atoms with van der Waals surface area (Å²) in [5.41, 5.74) is 2.33. The molecule has 1 heterocycles. The Morgan fingerprint density at radius 3 is 2.39 bits per heavy atom. The third-order valence-corrected chi connectivity index (χ3v) is 4.66. The largest absolute Gasteiger partial charge is 0.497 e. The first-order valence-electron chi connectivity index (χ1n) is 7.05. The monoisotopic (exact) mass is 390 g/mol. The Morgan fingerprint density at radius 2 is 1.70 bits per heavy atom. The van der Waals surface area contributed by atoms with E-state index in [9.17, 15) is 0 Å². The number of halogens is 1. The van der Waals surface area contributed by atoms with Crippen LogP contribution in [0.2, 0.25) is 0 Å². The number of ether oxygens (including phenoxy) is 1. The SMILES string of the molecule is COc1ccc(Cc2nnc(SCc3ccc(Br)cc3)o2)cc1. The highest BCUT2D eigenvalue weighted by Crippen LogP contribution is 2.23. The number of benzene rings is 2. The summed E-state index contributed by atoms with van der Waals surface area (Å²) in [6.07, 6.45) is 0.621. The Bertz CT molecular complexity index is 757. The van der Waals surface area contributed by atoms with Crippen molar-refractivity contribution >= 4 is 27.7 Å². The Labute approximate surface area is 147 Å². The molecule has 0 aliphatic rings. The van der Waals surface area contributed by atoms with Gasteiger partial charge in [0, 0.05) is 10.2 Å². The van der Waals surface area contributed by atoms with Crippen molar-refractivity contribution in [2.45, 2.75) is 17.4 Å². The zero-order chi connectivity index (χ0) is 16.1. The quantitative estimate of drug-likeness (QED) is 0.569. The van der Waals surface area contributed by atoms with Gasteiger partial charge in [0.2, 0.25) is 5.89 Å². The number of aromatic nitrogens is 2. The van der Waals surface area contributed by atoms with Crippen LogP contribution in [-0.4, -0.2) is 17.3 Å². The second kappa shape index (κ2) is 7.66. The molecule has 0 saturated carbocycles. The van der Waals surface area contributed by atoms with Gasteiger partial charge < -0.3 is 9.15 Å². The van der Waals surface area contributed by atoms with Crippen LogP contribution in [0, 0.1) is 0 Å². The van der Waals surface area contributed by atoms with Gasteiger partial charge in [-0.25, -0.2) is 0 Å². The molecule has 0 radical (unpaired) electrons. The predicted octanol–water partition coefficient (Wildman–Crippen LogP) is 4.72. The Balaban J connectivity index is 1.57. The fourth-order valence-electron chi connectivity index (χ4n) is 2.01. The highest BCUT2D eigenvalue weighted by molar-refractivity contribution is 9.10. The van der Waals surface area contributed by atoms with Crippen LogP contribution in [0.5, 0.6) is 5.75 Å². The molecule has 0 N–H and O–H groups in total. The molecule has 3 rings (SSSR count).